The lowest BCUT2D eigenvalue weighted by molar-refractivity contribution is -0.310. The first kappa shape index (κ1) is 11.8. The van der Waals surface area contributed by atoms with Crippen LogP contribution in [0.3, 0.4) is 0 Å². The Morgan fingerprint density at radius 3 is 1.50 bits per heavy atom. The van der Waals surface area contributed by atoms with Crippen LogP contribution in [0, 0.1) is 0 Å². The van der Waals surface area contributed by atoms with Crippen molar-refractivity contribution in [2.24, 2.45) is 0 Å². The van der Waals surface area contributed by atoms with Gasteiger partial charge in [0.15, 0.2) is 0 Å². The third-order valence-electron chi connectivity index (χ3n) is 3.04. The van der Waals surface area contributed by atoms with Gasteiger partial charge in [-0.1, -0.05) is 0 Å². The normalized spacial score (nSPS) is 27.6. The number of nitrogens with zero attached hydrogens (tertiary/aromatic N) is 1. The SMILES string of the molecule is CC1(C)CCCC(C)(C)N1C(F)(F)F. The molecule has 0 atom stereocenters. The Hall–Kier alpha value is -0.250. The molecular formula is C10H18F3N. The molecule has 0 amide bonds. The van der Waals surface area contributed by atoms with Crippen LogP contribution in [0.5, 0.6) is 0 Å². The van der Waals surface area contributed by atoms with Crippen LogP contribution in [-0.2, 0) is 0 Å². The molecule has 14 heavy (non-hydrogen) atoms. The number of likely N-dealkylation sites (tertiary alicyclic amines) is 1. The van der Waals surface area contributed by atoms with Crippen molar-refractivity contribution in [3.8, 4) is 0 Å². The Labute approximate surface area is 83.3 Å². The largest absolute Gasteiger partial charge is 0.460 e. The molecule has 0 aromatic carbocycles. The van der Waals surface area contributed by atoms with Crippen molar-refractivity contribution in [2.45, 2.75) is 64.3 Å². The van der Waals surface area contributed by atoms with Gasteiger partial charge in [-0.25, -0.2) is 4.90 Å². The summed E-state index contributed by atoms with van der Waals surface area (Å²) in [5.41, 5.74) is -1.56. The minimum atomic E-state index is -4.23. The summed E-state index contributed by atoms with van der Waals surface area (Å²) in [6, 6.07) is 0. The topological polar surface area (TPSA) is 3.24 Å². The van der Waals surface area contributed by atoms with E-state index in [0.29, 0.717) is 17.7 Å². The van der Waals surface area contributed by atoms with Crippen LogP contribution in [0.2, 0.25) is 0 Å². The first-order chi connectivity index (χ1) is 6.07. The van der Waals surface area contributed by atoms with E-state index >= 15 is 0 Å². The van der Waals surface area contributed by atoms with E-state index in [2.05, 4.69) is 0 Å². The van der Waals surface area contributed by atoms with E-state index < -0.39 is 17.4 Å². The minimum Gasteiger partial charge on any atom is -0.204 e. The third-order valence-corrected chi connectivity index (χ3v) is 3.04. The molecule has 1 nitrogen and oxygen atoms in total. The fourth-order valence-electron chi connectivity index (χ4n) is 2.68. The van der Waals surface area contributed by atoms with Crippen molar-refractivity contribution in [2.75, 3.05) is 0 Å². The molecule has 0 aliphatic carbocycles. The molecule has 0 aromatic heterocycles. The van der Waals surface area contributed by atoms with Gasteiger partial charge in [0, 0.05) is 11.1 Å². The highest BCUT2D eigenvalue weighted by Crippen LogP contribution is 2.44. The molecule has 0 aromatic rings. The Morgan fingerprint density at radius 1 is 0.929 bits per heavy atom. The van der Waals surface area contributed by atoms with Gasteiger partial charge in [-0.05, 0) is 47.0 Å². The summed E-state index contributed by atoms with van der Waals surface area (Å²) >= 11 is 0. The maximum atomic E-state index is 12.9. The number of piperidine rings is 1. The predicted molar refractivity (Wildman–Crippen MR) is 49.9 cm³/mol. The van der Waals surface area contributed by atoms with Gasteiger partial charge in [-0.2, -0.15) is 13.2 Å². The Kier molecular flexibility index (Phi) is 2.64. The van der Waals surface area contributed by atoms with Gasteiger partial charge in [-0.3, -0.25) is 0 Å². The molecule has 1 rings (SSSR count). The zero-order valence-corrected chi connectivity index (χ0v) is 9.20. The van der Waals surface area contributed by atoms with Gasteiger partial charge in [0.2, 0.25) is 0 Å². The highest BCUT2D eigenvalue weighted by atomic mass is 19.4. The smallest absolute Gasteiger partial charge is 0.204 e. The number of rotatable bonds is 0. The molecule has 1 aliphatic rings. The average Bonchev–Trinajstić information content (AvgIpc) is 1.76. The molecule has 1 heterocycles. The molecular weight excluding hydrogens is 191 g/mol. The van der Waals surface area contributed by atoms with Gasteiger partial charge in [0.05, 0.1) is 0 Å². The van der Waals surface area contributed by atoms with E-state index in [1.165, 1.54) is 0 Å². The first-order valence-corrected chi connectivity index (χ1v) is 4.94. The van der Waals surface area contributed by atoms with Gasteiger partial charge >= 0.3 is 6.30 Å². The van der Waals surface area contributed by atoms with Gasteiger partial charge in [0.1, 0.15) is 0 Å². The van der Waals surface area contributed by atoms with Crippen LogP contribution in [-0.4, -0.2) is 22.3 Å². The molecule has 1 aliphatic heterocycles. The summed E-state index contributed by atoms with van der Waals surface area (Å²) < 4.78 is 38.6. The second-order valence-corrected chi connectivity index (χ2v) is 5.28. The molecule has 0 unspecified atom stereocenters. The van der Waals surface area contributed by atoms with Crippen LogP contribution < -0.4 is 0 Å². The minimum absolute atomic E-state index is 0.607. The zero-order valence-electron chi connectivity index (χ0n) is 9.20. The summed E-state index contributed by atoms with van der Waals surface area (Å²) in [5, 5.41) is 0. The third kappa shape index (κ3) is 2.05. The van der Waals surface area contributed by atoms with Crippen LogP contribution >= 0.6 is 0 Å². The molecule has 0 bridgehead atoms. The van der Waals surface area contributed by atoms with Crippen molar-refractivity contribution in [3.63, 3.8) is 0 Å². The Morgan fingerprint density at radius 2 is 1.29 bits per heavy atom. The number of halogens is 3. The van der Waals surface area contributed by atoms with Crippen LogP contribution in [0.25, 0.3) is 0 Å². The Balaban J connectivity index is 3.04. The maximum Gasteiger partial charge on any atom is 0.460 e. The number of alkyl halides is 3. The lowest BCUT2D eigenvalue weighted by Crippen LogP contribution is -2.64. The highest BCUT2D eigenvalue weighted by Gasteiger charge is 2.54. The van der Waals surface area contributed by atoms with Gasteiger partial charge < -0.3 is 0 Å². The number of hydrogen-bond acceptors (Lipinski definition) is 1. The summed E-state index contributed by atoms with van der Waals surface area (Å²) in [4.78, 5) is 0.705. The standard InChI is InChI=1S/C10H18F3N/c1-8(2)6-5-7-9(3,4)14(8)10(11,12)13/h5-7H2,1-4H3. The maximum absolute atomic E-state index is 12.9. The fraction of sp³-hybridized carbons (Fsp3) is 1.00. The molecule has 1 fully saturated rings. The second kappa shape index (κ2) is 3.12. The molecule has 0 N–H and O–H groups in total. The molecule has 0 spiro atoms. The predicted octanol–water partition coefficient (Wildman–Crippen LogP) is 3.55. The van der Waals surface area contributed by atoms with Gasteiger partial charge in [0.25, 0.3) is 0 Å². The quantitative estimate of drug-likeness (QED) is 0.551. The second-order valence-electron chi connectivity index (χ2n) is 5.28. The van der Waals surface area contributed by atoms with E-state index in [1.54, 1.807) is 27.7 Å². The average molecular weight is 209 g/mol. The van der Waals surface area contributed by atoms with Crippen molar-refractivity contribution in [1.29, 1.82) is 0 Å². The van der Waals surface area contributed by atoms with Crippen molar-refractivity contribution in [1.82, 2.24) is 4.90 Å². The molecule has 0 radical (unpaired) electrons. The lowest BCUT2D eigenvalue weighted by atomic mass is 9.80. The first-order valence-electron chi connectivity index (χ1n) is 4.94. The zero-order chi connectivity index (χ0) is 11.2. The van der Waals surface area contributed by atoms with E-state index in [-0.39, 0.29) is 0 Å². The van der Waals surface area contributed by atoms with E-state index in [0.717, 1.165) is 6.42 Å². The van der Waals surface area contributed by atoms with E-state index in [4.69, 9.17) is 0 Å². The molecule has 84 valence electrons. The molecule has 0 saturated carbocycles. The van der Waals surface area contributed by atoms with E-state index in [9.17, 15) is 13.2 Å². The van der Waals surface area contributed by atoms with Crippen LogP contribution in [0.1, 0.15) is 47.0 Å². The van der Waals surface area contributed by atoms with Gasteiger partial charge in [-0.15, -0.1) is 0 Å². The summed E-state index contributed by atoms with van der Waals surface area (Å²) in [5.74, 6) is 0. The summed E-state index contributed by atoms with van der Waals surface area (Å²) in [7, 11) is 0. The van der Waals surface area contributed by atoms with Crippen molar-refractivity contribution < 1.29 is 13.2 Å². The highest BCUT2D eigenvalue weighted by molar-refractivity contribution is 4.97. The summed E-state index contributed by atoms with van der Waals surface area (Å²) in [6.45, 7) is 6.67. The van der Waals surface area contributed by atoms with Crippen LogP contribution in [0.15, 0.2) is 0 Å². The number of hydrogen-bond donors (Lipinski definition) is 0. The Bertz CT molecular complexity index is 202. The molecule has 4 heteroatoms. The molecule has 1 saturated heterocycles. The monoisotopic (exact) mass is 209 g/mol. The lowest BCUT2D eigenvalue weighted by Gasteiger charge is -2.52. The summed E-state index contributed by atoms with van der Waals surface area (Å²) in [6.07, 6.45) is -2.15. The van der Waals surface area contributed by atoms with Crippen molar-refractivity contribution >= 4 is 0 Å². The van der Waals surface area contributed by atoms with Crippen molar-refractivity contribution in [3.05, 3.63) is 0 Å². The van der Waals surface area contributed by atoms with E-state index in [1.807, 2.05) is 0 Å². The van der Waals surface area contributed by atoms with Crippen LogP contribution in [0.4, 0.5) is 13.2 Å². The fourth-order valence-corrected chi connectivity index (χ4v) is 2.68.